The molecule has 0 saturated carbocycles. The maximum absolute atomic E-state index is 11.6. The number of carbonyl (C=O) groups excluding carboxylic acids is 2. The minimum absolute atomic E-state index is 0.215. The fourth-order valence-corrected chi connectivity index (χ4v) is 1.48. The van der Waals surface area contributed by atoms with Crippen LogP contribution in [0, 0.1) is 4.64 Å². The summed E-state index contributed by atoms with van der Waals surface area (Å²) < 4.78 is 1.04. The van der Waals surface area contributed by atoms with E-state index in [1.54, 1.807) is 0 Å². The van der Waals surface area contributed by atoms with Crippen LogP contribution >= 0.6 is 12.2 Å². The van der Waals surface area contributed by atoms with Crippen molar-refractivity contribution in [2.75, 3.05) is 5.01 Å². The predicted octanol–water partition coefficient (Wildman–Crippen LogP) is 0.0123. The summed E-state index contributed by atoms with van der Waals surface area (Å²) in [5.41, 5.74) is -0.379. The molecular formula is C9H7N4O3S. The lowest BCUT2D eigenvalue weighted by Crippen LogP contribution is -2.54. The van der Waals surface area contributed by atoms with Crippen molar-refractivity contribution in [2.45, 2.75) is 6.92 Å². The summed E-state index contributed by atoms with van der Waals surface area (Å²) in [6.07, 6.45) is 2.40. The highest BCUT2D eigenvalue weighted by Gasteiger charge is 2.28. The first-order valence-corrected chi connectivity index (χ1v) is 5.00. The van der Waals surface area contributed by atoms with E-state index in [-0.39, 0.29) is 4.64 Å². The Morgan fingerprint density at radius 3 is 2.65 bits per heavy atom. The molecule has 3 amide bonds. The van der Waals surface area contributed by atoms with E-state index in [0.29, 0.717) is 10.7 Å². The number of hydrogen-bond donors (Lipinski definition) is 1. The van der Waals surface area contributed by atoms with Crippen LogP contribution in [-0.2, 0) is 4.79 Å². The average Bonchev–Trinajstić information content (AvgIpc) is 2.19. The molecule has 2 heterocycles. The molecule has 0 unspecified atom stereocenters. The van der Waals surface area contributed by atoms with E-state index in [9.17, 15) is 14.4 Å². The van der Waals surface area contributed by atoms with E-state index < -0.39 is 17.6 Å². The van der Waals surface area contributed by atoms with Crippen molar-refractivity contribution in [1.29, 1.82) is 0 Å². The Hall–Kier alpha value is -2.22. The molecule has 1 aliphatic heterocycles. The van der Waals surface area contributed by atoms with Gasteiger partial charge in [-0.25, -0.2) is 9.59 Å². The number of nitrogens with one attached hydrogen (secondary N) is 1. The van der Waals surface area contributed by atoms with Gasteiger partial charge in [-0.3, -0.25) is 9.78 Å². The van der Waals surface area contributed by atoms with Crippen molar-refractivity contribution in [1.82, 2.24) is 15.0 Å². The van der Waals surface area contributed by atoms with Crippen LogP contribution in [0.4, 0.5) is 4.79 Å². The first-order valence-electron chi connectivity index (χ1n) is 4.59. The summed E-state index contributed by atoms with van der Waals surface area (Å²) in [5, 5.41) is 4.21. The van der Waals surface area contributed by atoms with Crippen LogP contribution in [0.1, 0.15) is 6.92 Å². The number of imide groups is 1. The Balaban J connectivity index is 2.54. The minimum atomic E-state index is -0.817. The SMILES string of the molecule is CC1=CC(=O)N(n2ccc(=S)[nH]c2=O)C(=O)[N]1. The van der Waals surface area contributed by atoms with Gasteiger partial charge in [-0.05, 0) is 13.0 Å². The lowest BCUT2D eigenvalue weighted by atomic mass is 10.3. The fourth-order valence-electron chi connectivity index (χ4n) is 1.33. The van der Waals surface area contributed by atoms with Crippen LogP contribution in [0.15, 0.2) is 28.8 Å². The Morgan fingerprint density at radius 1 is 1.35 bits per heavy atom. The molecule has 1 aromatic heterocycles. The molecule has 0 bridgehead atoms. The first-order chi connectivity index (χ1) is 7.99. The average molecular weight is 251 g/mol. The van der Waals surface area contributed by atoms with Gasteiger partial charge in [0.05, 0.1) is 0 Å². The highest BCUT2D eigenvalue weighted by Crippen LogP contribution is 2.03. The second-order valence-corrected chi connectivity index (χ2v) is 3.72. The van der Waals surface area contributed by atoms with Crippen LogP contribution in [0.3, 0.4) is 0 Å². The molecule has 1 radical (unpaired) electrons. The number of hydrogen-bond acceptors (Lipinski definition) is 4. The van der Waals surface area contributed by atoms with Gasteiger partial charge in [0.2, 0.25) is 0 Å². The molecule has 87 valence electrons. The second kappa shape index (κ2) is 3.98. The van der Waals surface area contributed by atoms with Crippen LogP contribution < -0.4 is 16.0 Å². The molecule has 7 nitrogen and oxygen atoms in total. The number of H-pyrrole nitrogens is 1. The molecule has 1 N–H and O–H groups in total. The summed E-state index contributed by atoms with van der Waals surface area (Å²) in [4.78, 5) is 37.0. The van der Waals surface area contributed by atoms with Crippen molar-refractivity contribution >= 4 is 24.2 Å². The zero-order chi connectivity index (χ0) is 12.6. The van der Waals surface area contributed by atoms with Gasteiger partial charge >= 0.3 is 11.7 Å². The number of carbonyl (C=O) groups is 2. The van der Waals surface area contributed by atoms with Crippen molar-refractivity contribution in [3.63, 3.8) is 0 Å². The van der Waals surface area contributed by atoms with Crippen LogP contribution in [-0.4, -0.2) is 21.6 Å². The predicted molar refractivity (Wildman–Crippen MR) is 60.4 cm³/mol. The van der Waals surface area contributed by atoms with Gasteiger partial charge in [0, 0.05) is 18.0 Å². The zero-order valence-corrected chi connectivity index (χ0v) is 9.52. The number of nitrogens with zero attached hydrogens (tertiary/aromatic N) is 3. The number of aromatic amines is 1. The normalized spacial score (nSPS) is 15.6. The molecule has 17 heavy (non-hydrogen) atoms. The van der Waals surface area contributed by atoms with Gasteiger partial charge in [-0.2, -0.15) is 15.0 Å². The Bertz CT molecular complexity index is 642. The van der Waals surface area contributed by atoms with Gasteiger partial charge in [0.15, 0.2) is 0 Å². The summed E-state index contributed by atoms with van der Waals surface area (Å²) in [7, 11) is 0. The molecule has 0 saturated heterocycles. The third kappa shape index (κ3) is 2.02. The van der Waals surface area contributed by atoms with E-state index in [1.807, 2.05) is 0 Å². The molecule has 8 heteroatoms. The Labute approximate surface area is 100 Å². The van der Waals surface area contributed by atoms with Gasteiger partial charge < -0.3 is 0 Å². The van der Waals surface area contributed by atoms with Crippen LogP contribution in [0.5, 0.6) is 0 Å². The third-order valence-electron chi connectivity index (χ3n) is 2.02. The summed E-state index contributed by atoms with van der Waals surface area (Å²) >= 11 is 4.75. The highest BCUT2D eigenvalue weighted by molar-refractivity contribution is 7.71. The standard InChI is InChI=1S/C9H7N4O3S/c1-5-4-7(14)13(9(16)10-5)12-3-2-6(17)11-8(12)15/h2-4H,1H3,(H,11,15,17). The number of aromatic nitrogens is 2. The lowest BCUT2D eigenvalue weighted by Gasteiger charge is -2.23. The van der Waals surface area contributed by atoms with E-state index in [0.717, 1.165) is 10.8 Å². The van der Waals surface area contributed by atoms with Gasteiger partial charge in [0.25, 0.3) is 5.91 Å². The topological polar surface area (TPSA) is 89.3 Å². The molecule has 0 atom stereocenters. The van der Waals surface area contributed by atoms with E-state index >= 15 is 0 Å². The molecule has 2 rings (SSSR count). The first kappa shape index (κ1) is 11.3. The van der Waals surface area contributed by atoms with Gasteiger partial charge in [-0.1, -0.05) is 12.2 Å². The molecule has 0 aromatic carbocycles. The monoisotopic (exact) mass is 251 g/mol. The highest BCUT2D eigenvalue weighted by atomic mass is 32.1. The molecule has 0 fully saturated rings. The summed E-state index contributed by atoms with van der Waals surface area (Å²) in [5.74, 6) is -0.630. The van der Waals surface area contributed by atoms with Crippen molar-refractivity contribution < 1.29 is 9.59 Å². The molecule has 1 aliphatic rings. The molecule has 0 spiro atoms. The van der Waals surface area contributed by atoms with E-state index in [4.69, 9.17) is 12.2 Å². The smallest absolute Gasteiger partial charge is 0.297 e. The number of amides is 3. The van der Waals surface area contributed by atoms with Crippen LogP contribution in [0.25, 0.3) is 0 Å². The van der Waals surface area contributed by atoms with Crippen molar-refractivity contribution in [3.8, 4) is 0 Å². The molecule has 0 aliphatic carbocycles. The van der Waals surface area contributed by atoms with E-state index in [2.05, 4.69) is 10.3 Å². The molecular weight excluding hydrogens is 244 g/mol. The van der Waals surface area contributed by atoms with Crippen molar-refractivity contribution in [3.05, 3.63) is 39.2 Å². The molecule has 1 aromatic rings. The maximum Gasteiger partial charge on any atom is 0.370 e. The van der Waals surface area contributed by atoms with Crippen LogP contribution in [0.2, 0.25) is 0 Å². The Kier molecular flexibility index (Phi) is 2.64. The maximum atomic E-state index is 11.6. The fraction of sp³-hybridized carbons (Fsp3) is 0.111. The Morgan fingerprint density at radius 2 is 2.06 bits per heavy atom. The minimum Gasteiger partial charge on any atom is -0.297 e. The second-order valence-electron chi connectivity index (χ2n) is 3.28. The van der Waals surface area contributed by atoms with E-state index in [1.165, 1.54) is 19.2 Å². The number of urea groups is 1. The number of rotatable bonds is 1. The van der Waals surface area contributed by atoms with Gasteiger partial charge in [0.1, 0.15) is 4.64 Å². The summed E-state index contributed by atoms with van der Waals surface area (Å²) in [6.45, 7) is 1.52. The zero-order valence-electron chi connectivity index (χ0n) is 8.71. The third-order valence-corrected chi connectivity index (χ3v) is 2.25. The quantitative estimate of drug-likeness (QED) is 0.712. The largest absolute Gasteiger partial charge is 0.370 e. The summed E-state index contributed by atoms with van der Waals surface area (Å²) in [6, 6.07) is 0.574. The van der Waals surface area contributed by atoms with Crippen molar-refractivity contribution in [2.24, 2.45) is 0 Å². The lowest BCUT2D eigenvalue weighted by molar-refractivity contribution is -0.115. The number of allylic oxidation sites excluding steroid dienone is 1. The van der Waals surface area contributed by atoms with Gasteiger partial charge in [-0.15, -0.1) is 0 Å².